The Bertz CT molecular complexity index is 635. The van der Waals surface area contributed by atoms with Crippen molar-refractivity contribution in [2.75, 3.05) is 0 Å². The van der Waals surface area contributed by atoms with E-state index in [-0.39, 0.29) is 0 Å². The highest BCUT2D eigenvalue weighted by Crippen LogP contribution is 2.59. The summed E-state index contributed by atoms with van der Waals surface area (Å²) >= 11 is 0. The van der Waals surface area contributed by atoms with Crippen LogP contribution in [-0.4, -0.2) is 12.2 Å². The first-order valence-electron chi connectivity index (χ1n) is 14.9. The molecule has 0 amide bonds. The van der Waals surface area contributed by atoms with Crippen molar-refractivity contribution in [3.63, 3.8) is 0 Å². The number of hydrogen-bond donors (Lipinski definition) is 0. The Balaban J connectivity index is 1.61. The highest BCUT2D eigenvalue weighted by Gasteiger charge is 2.55. The van der Waals surface area contributed by atoms with Gasteiger partial charge in [0.2, 0.25) is 0 Å². The molecule has 33 heavy (non-hydrogen) atoms. The van der Waals surface area contributed by atoms with Crippen LogP contribution in [0.4, 0.5) is 0 Å². The van der Waals surface area contributed by atoms with Crippen LogP contribution in [0, 0.1) is 46.3 Å². The number of fused-ring (bicyclic) bond motifs is 4. The van der Waals surface area contributed by atoms with Crippen LogP contribution in [0.1, 0.15) is 119 Å². The lowest BCUT2D eigenvalue weighted by Gasteiger charge is -2.48. The molecule has 0 N–H and O–H groups in total. The van der Waals surface area contributed by atoms with Crippen LogP contribution in [0.3, 0.4) is 0 Å². The van der Waals surface area contributed by atoms with Crippen LogP contribution in [0.5, 0.6) is 0 Å². The molecule has 4 bridgehead atoms. The van der Waals surface area contributed by atoms with Gasteiger partial charge in [0, 0.05) is 10.8 Å². The molecule has 0 radical (unpaired) electrons. The van der Waals surface area contributed by atoms with Crippen LogP contribution >= 0.6 is 0 Å². The molecule has 2 saturated carbocycles. The molecule has 2 fully saturated rings. The average Bonchev–Trinajstić information content (AvgIpc) is 3.58. The molecule has 0 aromatic rings. The van der Waals surface area contributed by atoms with Gasteiger partial charge in [-0.25, -0.2) is 0 Å². The van der Waals surface area contributed by atoms with Crippen LogP contribution in [-0.2, 0) is 4.74 Å². The van der Waals surface area contributed by atoms with Gasteiger partial charge >= 0.3 is 0 Å². The van der Waals surface area contributed by atoms with E-state index in [4.69, 9.17) is 4.74 Å². The second kappa shape index (κ2) is 10.6. The van der Waals surface area contributed by atoms with Crippen LogP contribution in [0.25, 0.3) is 0 Å². The highest BCUT2D eigenvalue weighted by molar-refractivity contribution is 5.18. The van der Waals surface area contributed by atoms with Gasteiger partial charge in [0.25, 0.3) is 0 Å². The van der Waals surface area contributed by atoms with Crippen molar-refractivity contribution in [3.05, 3.63) is 24.3 Å². The maximum atomic E-state index is 7.62. The second-order valence-electron chi connectivity index (χ2n) is 13.1. The Morgan fingerprint density at radius 3 is 1.39 bits per heavy atom. The minimum absolute atomic E-state index is 0.328. The molecule has 0 saturated heterocycles. The first-order chi connectivity index (χ1) is 15.9. The Morgan fingerprint density at radius 1 is 0.697 bits per heavy atom. The summed E-state index contributed by atoms with van der Waals surface area (Å²) in [6.45, 7) is 14.8. The normalized spacial score (nSPS) is 39.9. The zero-order valence-electron chi connectivity index (χ0n) is 22.8. The third kappa shape index (κ3) is 5.05. The Hall–Kier alpha value is -0.560. The smallest absolute Gasteiger partial charge is 0.0641 e. The van der Waals surface area contributed by atoms with E-state index in [1.807, 2.05) is 0 Å². The Labute approximate surface area is 206 Å². The first kappa shape index (κ1) is 25.5. The summed E-state index contributed by atoms with van der Waals surface area (Å²) in [6, 6.07) is 0. The summed E-state index contributed by atoms with van der Waals surface area (Å²) in [6.07, 6.45) is 26.9. The quantitative estimate of drug-likeness (QED) is 0.237. The second-order valence-corrected chi connectivity index (χ2v) is 13.1. The Kier molecular flexibility index (Phi) is 8.20. The molecule has 4 aliphatic rings. The predicted molar refractivity (Wildman–Crippen MR) is 142 cm³/mol. The fourth-order valence-electron chi connectivity index (χ4n) is 8.56. The van der Waals surface area contributed by atoms with Crippen molar-refractivity contribution in [2.45, 2.75) is 131 Å². The zero-order chi connectivity index (χ0) is 23.6. The van der Waals surface area contributed by atoms with Gasteiger partial charge < -0.3 is 4.74 Å². The summed E-state index contributed by atoms with van der Waals surface area (Å²) in [5, 5.41) is 0. The van der Waals surface area contributed by atoms with E-state index in [1.165, 1.54) is 77.0 Å². The van der Waals surface area contributed by atoms with Gasteiger partial charge in [-0.2, -0.15) is 0 Å². The van der Waals surface area contributed by atoms with E-state index in [1.54, 1.807) is 0 Å². The molecule has 10 unspecified atom stereocenters. The minimum Gasteiger partial charge on any atom is -0.374 e. The highest BCUT2D eigenvalue weighted by atomic mass is 16.5. The van der Waals surface area contributed by atoms with Gasteiger partial charge in [0.1, 0.15) is 0 Å². The lowest BCUT2D eigenvalue weighted by molar-refractivity contribution is -0.150. The summed E-state index contributed by atoms with van der Waals surface area (Å²) in [7, 11) is 0. The molecule has 0 aromatic carbocycles. The van der Waals surface area contributed by atoms with E-state index in [2.05, 4.69) is 65.8 Å². The van der Waals surface area contributed by atoms with Gasteiger partial charge in [-0.15, -0.1) is 0 Å². The molecule has 0 heterocycles. The first-order valence-corrected chi connectivity index (χ1v) is 14.9. The average molecular weight is 455 g/mol. The zero-order valence-corrected chi connectivity index (χ0v) is 22.8. The maximum Gasteiger partial charge on any atom is 0.0641 e. The molecular weight excluding hydrogens is 400 g/mol. The number of hydrogen-bond acceptors (Lipinski definition) is 1. The van der Waals surface area contributed by atoms with E-state index in [0.29, 0.717) is 23.0 Å². The minimum atomic E-state index is 0.328. The molecule has 10 atom stereocenters. The van der Waals surface area contributed by atoms with Crippen molar-refractivity contribution in [3.8, 4) is 0 Å². The molecule has 1 heteroatoms. The Morgan fingerprint density at radius 2 is 1.12 bits per heavy atom. The van der Waals surface area contributed by atoms with E-state index in [9.17, 15) is 0 Å². The van der Waals surface area contributed by atoms with Crippen LogP contribution < -0.4 is 0 Å². The standard InChI is InChI=1S/C32H54O/c1-7-11-23(9-3)19-29(31(5)21-25-13-15-27(31)17-25)33-30(20-24(10-4)12-8-2)32(6)22-26-14-16-28(32)18-26/h13-16,23-30H,7-12,17-22H2,1-6H3. The molecule has 0 aliphatic heterocycles. The molecule has 4 rings (SSSR count). The van der Waals surface area contributed by atoms with Gasteiger partial charge in [0.15, 0.2) is 0 Å². The SMILES string of the molecule is CCCC(CC)CC(OC(CC(CC)CCC)C1(C)CC2C=CC1C2)C1(C)CC2C=CC1C2. The molecule has 0 aromatic heterocycles. The van der Waals surface area contributed by atoms with Crippen LogP contribution in [0.15, 0.2) is 24.3 Å². The molecule has 188 valence electrons. The van der Waals surface area contributed by atoms with E-state index < -0.39 is 0 Å². The van der Waals surface area contributed by atoms with Crippen molar-refractivity contribution in [1.82, 2.24) is 0 Å². The fourth-order valence-corrected chi connectivity index (χ4v) is 8.56. The summed E-state index contributed by atoms with van der Waals surface area (Å²) in [5.41, 5.74) is 0.657. The van der Waals surface area contributed by atoms with E-state index in [0.717, 1.165) is 35.5 Å². The van der Waals surface area contributed by atoms with Gasteiger partial charge in [-0.1, -0.05) is 104 Å². The predicted octanol–water partition coefficient (Wildman–Crippen LogP) is 9.38. The van der Waals surface area contributed by atoms with Crippen molar-refractivity contribution >= 4 is 0 Å². The number of allylic oxidation sites excluding steroid dienone is 4. The van der Waals surface area contributed by atoms with Crippen molar-refractivity contribution < 1.29 is 4.74 Å². The number of ether oxygens (including phenoxy) is 1. The van der Waals surface area contributed by atoms with Crippen molar-refractivity contribution in [2.24, 2.45) is 46.3 Å². The third-order valence-corrected chi connectivity index (χ3v) is 10.9. The molecule has 4 aliphatic carbocycles. The number of rotatable bonds is 14. The largest absolute Gasteiger partial charge is 0.374 e. The fraction of sp³-hybridized carbons (Fsp3) is 0.875. The van der Waals surface area contributed by atoms with Crippen LogP contribution in [0.2, 0.25) is 0 Å². The monoisotopic (exact) mass is 454 g/mol. The van der Waals surface area contributed by atoms with Gasteiger partial charge in [-0.05, 0) is 74.0 Å². The molecular formula is C32H54O. The summed E-state index contributed by atoms with van der Waals surface area (Å²) < 4.78 is 7.62. The lowest BCUT2D eigenvalue weighted by Crippen LogP contribution is -2.47. The van der Waals surface area contributed by atoms with Gasteiger partial charge in [-0.3, -0.25) is 0 Å². The molecule has 0 spiro atoms. The van der Waals surface area contributed by atoms with Crippen molar-refractivity contribution in [1.29, 1.82) is 0 Å². The van der Waals surface area contributed by atoms with E-state index >= 15 is 0 Å². The summed E-state index contributed by atoms with van der Waals surface area (Å²) in [4.78, 5) is 0. The molecule has 1 nitrogen and oxygen atoms in total. The maximum absolute atomic E-state index is 7.62. The third-order valence-electron chi connectivity index (χ3n) is 10.9. The topological polar surface area (TPSA) is 9.23 Å². The lowest BCUT2D eigenvalue weighted by atomic mass is 9.68. The summed E-state index contributed by atoms with van der Waals surface area (Å²) in [5.74, 6) is 4.70. The van der Waals surface area contributed by atoms with Gasteiger partial charge in [0.05, 0.1) is 12.2 Å².